The van der Waals surface area contributed by atoms with Crippen molar-refractivity contribution in [2.45, 2.75) is 32.2 Å². The molecule has 0 aliphatic carbocycles. The Labute approximate surface area is 157 Å². The zero-order chi connectivity index (χ0) is 15.7. The van der Waals surface area contributed by atoms with Crippen LogP contribution in [0.4, 0.5) is 0 Å². The molecule has 2 aromatic rings. The molecule has 0 radical (unpaired) electrons. The summed E-state index contributed by atoms with van der Waals surface area (Å²) in [6.07, 6.45) is 0.504. The van der Waals surface area contributed by atoms with Crippen molar-refractivity contribution in [2.75, 3.05) is 0 Å². The van der Waals surface area contributed by atoms with E-state index >= 15 is 0 Å². The van der Waals surface area contributed by atoms with E-state index in [0.29, 0.717) is 13.0 Å². The number of benzene rings is 1. The monoisotopic (exact) mass is 367 g/mol. The van der Waals surface area contributed by atoms with Gasteiger partial charge in [-0.3, -0.25) is 4.79 Å². The van der Waals surface area contributed by atoms with Gasteiger partial charge in [-0.15, -0.1) is 0 Å². The average molecular weight is 368 g/mol. The van der Waals surface area contributed by atoms with Crippen LogP contribution in [0.2, 0.25) is 0 Å². The summed E-state index contributed by atoms with van der Waals surface area (Å²) in [7, 11) is 4.64. The first-order valence-corrected chi connectivity index (χ1v) is 8.94. The molecule has 0 spiro atoms. The minimum absolute atomic E-state index is 0. The molecule has 1 amide bonds. The number of carbonyl (C=O) groups is 1. The van der Waals surface area contributed by atoms with Crippen molar-refractivity contribution < 1.29 is 24.2 Å². The van der Waals surface area contributed by atoms with Crippen LogP contribution in [0, 0.1) is 14.9 Å². The SMILES string of the molecule is CC(C)(CC(=O)NCc1ccccc1)c1ccc[cH-]1.[CH3-].[CH3-].[Cl][Ti+3]. The molecule has 0 bridgehead atoms. The standard InChI is InChI=1S/C17H20NO.2CH3.ClH.Ti/c1-17(2,15-10-6-7-11-15)12-16(19)18-13-14-8-4-3-5-9-14;;;;/h3-11H,12-13H2,1-2H3,(H,18,19);2*1H3;1H;/q3*-1;;+4/p-1. The van der Waals surface area contributed by atoms with Crippen LogP contribution in [0.1, 0.15) is 31.4 Å². The molecule has 2 rings (SSSR count). The van der Waals surface area contributed by atoms with Gasteiger partial charge >= 0.3 is 28.7 Å². The van der Waals surface area contributed by atoms with Crippen molar-refractivity contribution >= 4 is 15.2 Å². The Kier molecular flexibility index (Phi) is 13.2. The summed E-state index contributed by atoms with van der Waals surface area (Å²) in [6.45, 7) is 4.80. The van der Waals surface area contributed by atoms with Crippen LogP contribution < -0.4 is 5.32 Å². The number of nitrogens with one attached hydrogen (secondary N) is 1. The predicted molar refractivity (Wildman–Crippen MR) is 96.6 cm³/mol. The number of halogens is 1. The van der Waals surface area contributed by atoms with Crippen LogP contribution >= 0.6 is 9.30 Å². The number of hydrogen-bond donors (Lipinski definition) is 1. The molecule has 0 saturated carbocycles. The second-order valence-corrected chi connectivity index (χ2v) is 5.50. The average Bonchev–Trinajstić information content (AvgIpc) is 3.03. The van der Waals surface area contributed by atoms with Crippen molar-refractivity contribution in [1.29, 1.82) is 0 Å². The van der Waals surface area contributed by atoms with Crippen molar-refractivity contribution in [3.8, 4) is 0 Å². The molecule has 0 fully saturated rings. The van der Waals surface area contributed by atoms with E-state index in [-0.39, 0.29) is 26.2 Å². The maximum absolute atomic E-state index is 12.0. The second-order valence-electron chi connectivity index (χ2n) is 5.50. The summed E-state index contributed by atoms with van der Waals surface area (Å²) in [6, 6.07) is 18.1. The maximum atomic E-state index is 12.0. The van der Waals surface area contributed by atoms with Crippen molar-refractivity contribution in [3.05, 3.63) is 80.6 Å². The number of rotatable bonds is 5. The van der Waals surface area contributed by atoms with E-state index < -0.39 is 0 Å². The molecular weight excluding hydrogens is 342 g/mol. The summed E-state index contributed by atoms with van der Waals surface area (Å²) in [5, 5.41) is 2.98. The van der Waals surface area contributed by atoms with Gasteiger partial charge in [0.2, 0.25) is 5.91 Å². The molecule has 2 nitrogen and oxygen atoms in total. The van der Waals surface area contributed by atoms with Gasteiger partial charge < -0.3 is 20.2 Å². The molecule has 1 N–H and O–H groups in total. The van der Waals surface area contributed by atoms with Gasteiger partial charge in [-0.05, 0) is 11.0 Å². The van der Waals surface area contributed by atoms with Gasteiger partial charge in [0.25, 0.3) is 0 Å². The molecule has 23 heavy (non-hydrogen) atoms. The van der Waals surface area contributed by atoms with Crippen LogP contribution in [-0.4, -0.2) is 5.91 Å². The third kappa shape index (κ3) is 8.46. The minimum atomic E-state index is -0.121. The van der Waals surface area contributed by atoms with Gasteiger partial charge in [0.05, 0.1) is 0 Å². The zero-order valence-corrected chi connectivity index (χ0v) is 16.7. The molecule has 2 aromatic carbocycles. The summed E-state index contributed by atoms with van der Waals surface area (Å²) < 4.78 is 0. The fourth-order valence-electron chi connectivity index (χ4n) is 2.19. The van der Waals surface area contributed by atoms with Crippen LogP contribution in [-0.2, 0) is 36.1 Å². The van der Waals surface area contributed by atoms with Gasteiger partial charge in [-0.2, -0.15) is 17.7 Å². The van der Waals surface area contributed by atoms with E-state index in [1.165, 1.54) is 24.9 Å². The molecule has 124 valence electrons. The van der Waals surface area contributed by atoms with Gasteiger partial charge in [-0.25, -0.2) is 12.1 Å². The van der Waals surface area contributed by atoms with Crippen LogP contribution in [0.15, 0.2) is 54.6 Å². The fraction of sp³-hybridized carbons (Fsp3) is 0.263. The van der Waals surface area contributed by atoms with Crippen LogP contribution in [0.5, 0.6) is 0 Å². The molecule has 0 unspecified atom stereocenters. The van der Waals surface area contributed by atoms with E-state index in [9.17, 15) is 4.79 Å². The number of amides is 1. The Balaban J connectivity index is 0. The number of carbonyl (C=O) groups excluding carboxylic acids is 1. The third-order valence-corrected chi connectivity index (χ3v) is 3.38. The summed E-state index contributed by atoms with van der Waals surface area (Å²) in [5.41, 5.74) is 2.22. The quantitative estimate of drug-likeness (QED) is 0.586. The fourth-order valence-corrected chi connectivity index (χ4v) is 2.19. The summed E-state index contributed by atoms with van der Waals surface area (Å²) >= 11 is 1.47. The molecule has 0 aliphatic heterocycles. The number of hydrogen-bond acceptors (Lipinski definition) is 1. The Morgan fingerprint density at radius 1 is 1.13 bits per heavy atom. The van der Waals surface area contributed by atoms with Crippen LogP contribution in [0.25, 0.3) is 0 Å². The van der Waals surface area contributed by atoms with E-state index in [1.54, 1.807) is 0 Å². The van der Waals surface area contributed by atoms with Crippen molar-refractivity contribution in [2.24, 2.45) is 0 Å². The van der Waals surface area contributed by atoms with Crippen molar-refractivity contribution in [1.82, 2.24) is 5.32 Å². The first-order chi connectivity index (χ1) is 10.1. The molecule has 0 heterocycles. The van der Waals surface area contributed by atoms with Crippen molar-refractivity contribution in [3.63, 3.8) is 0 Å². The normalized spacial score (nSPS) is 9.61. The van der Waals surface area contributed by atoms with Gasteiger partial charge in [0.1, 0.15) is 0 Å². The molecule has 0 aromatic heterocycles. The van der Waals surface area contributed by atoms with E-state index in [4.69, 9.17) is 0 Å². The van der Waals surface area contributed by atoms with Crippen LogP contribution in [0.3, 0.4) is 0 Å². The molecule has 0 aliphatic rings. The van der Waals surface area contributed by atoms with E-state index in [0.717, 1.165) is 5.56 Å². The Morgan fingerprint density at radius 3 is 2.26 bits per heavy atom. The second kappa shape index (κ2) is 12.5. The summed E-state index contributed by atoms with van der Waals surface area (Å²) in [5.74, 6) is 0.0926. The van der Waals surface area contributed by atoms with Gasteiger partial charge in [0.15, 0.2) is 0 Å². The van der Waals surface area contributed by atoms with E-state index in [2.05, 4.69) is 40.6 Å². The zero-order valence-electron chi connectivity index (χ0n) is 14.4. The molecule has 0 atom stereocenters. The Morgan fingerprint density at radius 2 is 1.74 bits per heavy atom. The Bertz CT molecular complexity index is 524. The van der Waals surface area contributed by atoms with Gasteiger partial charge in [-0.1, -0.05) is 44.2 Å². The summed E-state index contributed by atoms with van der Waals surface area (Å²) in [4.78, 5) is 12.0. The molecule has 0 saturated heterocycles. The molecular formula is C19H26ClNOTi. The van der Waals surface area contributed by atoms with Gasteiger partial charge in [0, 0.05) is 13.0 Å². The topological polar surface area (TPSA) is 29.1 Å². The third-order valence-electron chi connectivity index (χ3n) is 3.38. The first-order valence-electron chi connectivity index (χ1n) is 6.80. The predicted octanol–water partition coefficient (Wildman–Crippen LogP) is 4.98. The van der Waals surface area contributed by atoms with E-state index in [1.807, 2.05) is 42.5 Å². The molecule has 4 heteroatoms. The Hall–Kier alpha value is -0.956. The first kappa shape index (κ1) is 24.3.